The van der Waals surface area contributed by atoms with Crippen LogP contribution in [0.2, 0.25) is 0 Å². The number of hydrogen-bond donors (Lipinski definition) is 3. The number of benzene rings is 2. The number of aliphatic carboxylic acids is 1. The van der Waals surface area contributed by atoms with Crippen molar-refractivity contribution in [3.63, 3.8) is 0 Å². The largest absolute Gasteiger partial charge is 0.480 e. The molecule has 0 aromatic heterocycles. The fourth-order valence-corrected chi connectivity index (χ4v) is 5.11. The Hall–Kier alpha value is -3.39. The lowest BCUT2D eigenvalue weighted by molar-refractivity contribution is -0.144. The molecule has 3 unspecified atom stereocenters. The average molecular weight is 467 g/mol. The van der Waals surface area contributed by atoms with Gasteiger partial charge in [0, 0.05) is 25.5 Å². The van der Waals surface area contributed by atoms with E-state index in [1.54, 1.807) is 0 Å². The van der Waals surface area contributed by atoms with Crippen molar-refractivity contribution in [3.8, 4) is 11.1 Å². The third-order valence-corrected chi connectivity index (χ3v) is 6.80. The summed E-state index contributed by atoms with van der Waals surface area (Å²) in [5, 5.41) is 14.6. The van der Waals surface area contributed by atoms with E-state index in [-0.39, 0.29) is 36.9 Å². The molecule has 8 nitrogen and oxygen atoms in total. The number of carboxylic acids is 1. The standard InChI is InChI=1S/C26H30N2O6/c1-33-15-23(25(30)31)28-24(29)17-12-6-7-16(17)13-27-26(32)34-14-22-20-10-4-2-8-18(20)19-9-3-5-11-21(19)22/h2-5,8-11,16-17,22-23H,6-7,12-15H2,1H3,(H,27,32)(H,28,29)(H,30,31). The molecule has 0 saturated heterocycles. The van der Waals surface area contributed by atoms with Crippen LogP contribution in [0, 0.1) is 11.8 Å². The van der Waals surface area contributed by atoms with Gasteiger partial charge in [0.15, 0.2) is 6.04 Å². The lowest BCUT2D eigenvalue weighted by atomic mass is 9.95. The fraction of sp³-hybridized carbons (Fsp3) is 0.423. The first-order valence-corrected chi connectivity index (χ1v) is 11.6. The number of carboxylic acid groups (broad SMARTS) is 1. The normalized spacial score (nSPS) is 19.7. The molecular formula is C26H30N2O6. The summed E-state index contributed by atoms with van der Waals surface area (Å²) in [5.74, 6) is -1.90. The second-order valence-corrected chi connectivity index (χ2v) is 8.86. The van der Waals surface area contributed by atoms with Crippen LogP contribution in [0.5, 0.6) is 0 Å². The van der Waals surface area contributed by atoms with Crippen LogP contribution in [0.1, 0.15) is 36.3 Å². The Balaban J connectivity index is 1.30. The average Bonchev–Trinajstić information content (AvgIpc) is 3.44. The Bertz CT molecular complexity index is 1010. The Morgan fingerprint density at radius 1 is 1.03 bits per heavy atom. The Labute approximate surface area is 198 Å². The van der Waals surface area contributed by atoms with Crippen molar-refractivity contribution >= 4 is 18.0 Å². The molecule has 34 heavy (non-hydrogen) atoms. The monoisotopic (exact) mass is 466 g/mol. The number of ether oxygens (including phenoxy) is 2. The smallest absolute Gasteiger partial charge is 0.407 e. The molecule has 0 aliphatic heterocycles. The van der Waals surface area contributed by atoms with Crippen LogP contribution < -0.4 is 10.6 Å². The summed E-state index contributed by atoms with van der Waals surface area (Å²) in [7, 11) is 1.39. The van der Waals surface area contributed by atoms with Gasteiger partial charge in [-0.15, -0.1) is 0 Å². The summed E-state index contributed by atoms with van der Waals surface area (Å²) in [6.45, 7) is 0.430. The van der Waals surface area contributed by atoms with Gasteiger partial charge in [0.2, 0.25) is 5.91 Å². The molecule has 2 aliphatic carbocycles. The summed E-state index contributed by atoms with van der Waals surface area (Å²) in [5.41, 5.74) is 4.63. The van der Waals surface area contributed by atoms with Crippen molar-refractivity contribution in [1.29, 1.82) is 0 Å². The summed E-state index contributed by atoms with van der Waals surface area (Å²) in [6.07, 6.45) is 1.76. The molecule has 2 aromatic rings. The molecule has 2 aliphatic rings. The fourth-order valence-electron chi connectivity index (χ4n) is 5.11. The molecule has 0 spiro atoms. The molecule has 4 rings (SSSR count). The van der Waals surface area contributed by atoms with E-state index in [1.165, 1.54) is 18.2 Å². The van der Waals surface area contributed by atoms with Crippen molar-refractivity contribution in [2.75, 3.05) is 26.9 Å². The van der Waals surface area contributed by atoms with Gasteiger partial charge in [-0.2, -0.15) is 0 Å². The zero-order valence-corrected chi connectivity index (χ0v) is 19.2. The minimum atomic E-state index is -1.14. The molecule has 1 fully saturated rings. The first kappa shape index (κ1) is 23.8. The molecule has 2 aromatic carbocycles. The van der Waals surface area contributed by atoms with Gasteiger partial charge in [-0.1, -0.05) is 55.0 Å². The van der Waals surface area contributed by atoms with E-state index in [4.69, 9.17) is 9.47 Å². The van der Waals surface area contributed by atoms with Gasteiger partial charge in [0.05, 0.1) is 6.61 Å². The molecule has 0 bridgehead atoms. The lowest BCUT2D eigenvalue weighted by Gasteiger charge is -2.22. The number of alkyl carbamates (subject to hydrolysis) is 1. The van der Waals surface area contributed by atoms with Gasteiger partial charge >= 0.3 is 12.1 Å². The van der Waals surface area contributed by atoms with E-state index in [0.717, 1.165) is 24.0 Å². The van der Waals surface area contributed by atoms with Crippen LogP contribution in [0.4, 0.5) is 4.79 Å². The van der Waals surface area contributed by atoms with Crippen LogP contribution >= 0.6 is 0 Å². The molecule has 180 valence electrons. The van der Waals surface area contributed by atoms with Gasteiger partial charge in [-0.3, -0.25) is 4.79 Å². The van der Waals surface area contributed by atoms with Crippen LogP contribution in [-0.4, -0.2) is 56.0 Å². The zero-order chi connectivity index (χ0) is 24.1. The lowest BCUT2D eigenvalue weighted by Crippen LogP contribution is -2.47. The number of rotatable bonds is 9. The summed E-state index contributed by atoms with van der Waals surface area (Å²) >= 11 is 0. The SMILES string of the molecule is COCC(NC(=O)C1CCCC1CNC(=O)OCC1c2ccccc2-c2ccccc21)C(=O)O. The number of methoxy groups -OCH3 is 1. The van der Waals surface area contributed by atoms with E-state index >= 15 is 0 Å². The molecule has 1 saturated carbocycles. The zero-order valence-electron chi connectivity index (χ0n) is 19.2. The van der Waals surface area contributed by atoms with E-state index < -0.39 is 18.1 Å². The molecular weight excluding hydrogens is 436 g/mol. The van der Waals surface area contributed by atoms with Gasteiger partial charge in [-0.25, -0.2) is 9.59 Å². The molecule has 3 atom stereocenters. The van der Waals surface area contributed by atoms with Crippen LogP contribution in [-0.2, 0) is 19.1 Å². The van der Waals surface area contributed by atoms with Gasteiger partial charge in [0.25, 0.3) is 0 Å². The van der Waals surface area contributed by atoms with Gasteiger partial charge in [0.1, 0.15) is 6.61 Å². The predicted octanol–water partition coefficient (Wildman–Crippen LogP) is 3.16. The second kappa shape index (κ2) is 10.7. The maximum Gasteiger partial charge on any atom is 0.407 e. The summed E-state index contributed by atoms with van der Waals surface area (Å²) in [4.78, 5) is 36.4. The number of amides is 2. The highest BCUT2D eigenvalue weighted by molar-refractivity contribution is 5.85. The third-order valence-electron chi connectivity index (χ3n) is 6.80. The molecule has 3 N–H and O–H groups in total. The number of nitrogens with one attached hydrogen (secondary N) is 2. The number of carbonyl (C=O) groups is 3. The highest BCUT2D eigenvalue weighted by Crippen LogP contribution is 2.44. The van der Waals surface area contributed by atoms with E-state index in [1.807, 2.05) is 24.3 Å². The van der Waals surface area contributed by atoms with Crippen molar-refractivity contribution in [2.24, 2.45) is 11.8 Å². The minimum absolute atomic E-state index is 0.0168. The minimum Gasteiger partial charge on any atom is -0.480 e. The van der Waals surface area contributed by atoms with Gasteiger partial charge in [-0.05, 0) is 41.0 Å². The first-order valence-electron chi connectivity index (χ1n) is 11.6. The Morgan fingerprint density at radius 3 is 2.29 bits per heavy atom. The van der Waals surface area contributed by atoms with Crippen LogP contribution in [0.15, 0.2) is 48.5 Å². The van der Waals surface area contributed by atoms with Gasteiger partial charge < -0.3 is 25.2 Å². The highest BCUT2D eigenvalue weighted by atomic mass is 16.5. The second-order valence-electron chi connectivity index (χ2n) is 8.86. The maximum absolute atomic E-state index is 12.6. The molecule has 0 heterocycles. The molecule has 0 radical (unpaired) electrons. The van der Waals surface area contributed by atoms with Crippen LogP contribution in [0.25, 0.3) is 11.1 Å². The van der Waals surface area contributed by atoms with Crippen molar-refractivity contribution in [1.82, 2.24) is 10.6 Å². The quantitative estimate of drug-likeness (QED) is 0.523. The van der Waals surface area contributed by atoms with Crippen molar-refractivity contribution in [2.45, 2.75) is 31.2 Å². The Morgan fingerprint density at radius 2 is 1.68 bits per heavy atom. The molecule has 8 heteroatoms. The summed E-state index contributed by atoms with van der Waals surface area (Å²) in [6, 6.07) is 15.2. The van der Waals surface area contributed by atoms with E-state index in [0.29, 0.717) is 13.0 Å². The topological polar surface area (TPSA) is 114 Å². The number of hydrogen-bond acceptors (Lipinski definition) is 5. The number of fused-ring (bicyclic) bond motifs is 3. The maximum atomic E-state index is 12.6. The first-order chi connectivity index (χ1) is 16.5. The Kier molecular flexibility index (Phi) is 7.47. The van der Waals surface area contributed by atoms with Crippen LogP contribution in [0.3, 0.4) is 0 Å². The third kappa shape index (κ3) is 5.07. The van der Waals surface area contributed by atoms with E-state index in [2.05, 4.69) is 34.9 Å². The van der Waals surface area contributed by atoms with Crippen molar-refractivity contribution in [3.05, 3.63) is 59.7 Å². The summed E-state index contributed by atoms with van der Waals surface area (Å²) < 4.78 is 10.5. The number of carbonyl (C=O) groups excluding carboxylic acids is 2. The highest BCUT2D eigenvalue weighted by Gasteiger charge is 2.35. The predicted molar refractivity (Wildman–Crippen MR) is 125 cm³/mol. The molecule has 2 amide bonds. The van der Waals surface area contributed by atoms with Crippen molar-refractivity contribution < 1.29 is 29.0 Å². The van der Waals surface area contributed by atoms with E-state index in [9.17, 15) is 19.5 Å².